The van der Waals surface area contributed by atoms with E-state index < -0.39 is 12.1 Å². The Kier molecular flexibility index (Phi) is 6.51. The van der Waals surface area contributed by atoms with Gasteiger partial charge in [0, 0.05) is 6.54 Å². The monoisotopic (exact) mass is 327 g/mol. The molecular formula is C19H21NO4. The Balaban J connectivity index is 1.99. The zero-order valence-electron chi connectivity index (χ0n) is 13.6. The maximum Gasteiger partial charge on any atom is 0.323 e. The molecule has 126 valence electrons. The third-order valence-corrected chi connectivity index (χ3v) is 3.54. The van der Waals surface area contributed by atoms with Crippen molar-refractivity contribution in [1.82, 2.24) is 4.90 Å². The molecule has 1 atom stereocenters. The summed E-state index contributed by atoms with van der Waals surface area (Å²) in [5.41, 5.74) is 1.84. The average Bonchev–Trinajstić information content (AvgIpc) is 2.60. The van der Waals surface area contributed by atoms with Crippen LogP contribution in [0.4, 0.5) is 0 Å². The van der Waals surface area contributed by atoms with Crippen molar-refractivity contribution in [3.63, 3.8) is 0 Å². The number of rotatable bonds is 8. The molecule has 0 spiro atoms. The minimum absolute atomic E-state index is 0.241. The molecule has 1 unspecified atom stereocenters. The third kappa shape index (κ3) is 5.52. The van der Waals surface area contributed by atoms with Crippen LogP contribution in [0.5, 0.6) is 0 Å². The van der Waals surface area contributed by atoms with E-state index in [2.05, 4.69) is 0 Å². The number of carboxylic acid groups (broad SMARTS) is 1. The minimum Gasteiger partial charge on any atom is -0.480 e. The lowest BCUT2D eigenvalue weighted by atomic mass is 10.2. The standard InChI is InChI=1S/C19H21NO4/c1-15(24-14-17-10-6-3-7-11-17)19(23)20(13-18(21)22)12-16-8-4-2-5-9-16/h2-11,15H,12-14H2,1H3,(H,21,22). The fourth-order valence-electron chi connectivity index (χ4n) is 2.30. The average molecular weight is 327 g/mol. The first-order chi connectivity index (χ1) is 11.6. The van der Waals surface area contributed by atoms with Gasteiger partial charge in [0.15, 0.2) is 0 Å². The van der Waals surface area contributed by atoms with E-state index in [1.807, 2.05) is 60.7 Å². The lowest BCUT2D eigenvalue weighted by Crippen LogP contribution is -2.41. The molecule has 2 rings (SSSR count). The maximum atomic E-state index is 12.5. The highest BCUT2D eigenvalue weighted by Crippen LogP contribution is 2.10. The van der Waals surface area contributed by atoms with Crippen molar-refractivity contribution in [3.8, 4) is 0 Å². The molecule has 0 fully saturated rings. The lowest BCUT2D eigenvalue weighted by molar-refractivity contribution is -0.151. The van der Waals surface area contributed by atoms with Gasteiger partial charge in [0.1, 0.15) is 12.6 Å². The molecule has 0 aromatic heterocycles. The summed E-state index contributed by atoms with van der Waals surface area (Å²) in [6.07, 6.45) is -0.715. The lowest BCUT2D eigenvalue weighted by Gasteiger charge is -2.24. The molecule has 0 radical (unpaired) electrons. The largest absolute Gasteiger partial charge is 0.480 e. The van der Waals surface area contributed by atoms with Gasteiger partial charge in [-0.15, -0.1) is 0 Å². The number of carbonyl (C=O) groups is 2. The van der Waals surface area contributed by atoms with Crippen molar-refractivity contribution in [2.24, 2.45) is 0 Å². The SMILES string of the molecule is CC(OCc1ccccc1)C(=O)N(CC(=O)O)Cc1ccccc1. The Labute approximate surface area is 141 Å². The highest BCUT2D eigenvalue weighted by molar-refractivity contribution is 5.84. The number of benzene rings is 2. The van der Waals surface area contributed by atoms with Crippen molar-refractivity contribution in [2.75, 3.05) is 6.54 Å². The number of nitrogens with zero attached hydrogens (tertiary/aromatic N) is 1. The van der Waals surface area contributed by atoms with Gasteiger partial charge in [-0.25, -0.2) is 0 Å². The second-order valence-electron chi connectivity index (χ2n) is 5.51. The Morgan fingerprint density at radius 3 is 2.08 bits per heavy atom. The van der Waals surface area contributed by atoms with Crippen LogP contribution in [0.15, 0.2) is 60.7 Å². The summed E-state index contributed by atoms with van der Waals surface area (Å²) in [7, 11) is 0. The summed E-state index contributed by atoms with van der Waals surface area (Å²) >= 11 is 0. The molecule has 0 saturated carbocycles. The number of hydrogen-bond donors (Lipinski definition) is 1. The van der Waals surface area contributed by atoms with E-state index >= 15 is 0 Å². The third-order valence-electron chi connectivity index (χ3n) is 3.54. The van der Waals surface area contributed by atoms with Crippen LogP contribution < -0.4 is 0 Å². The number of carboxylic acids is 1. The molecule has 1 amide bonds. The van der Waals surface area contributed by atoms with Gasteiger partial charge in [0.05, 0.1) is 6.61 Å². The predicted molar refractivity (Wildman–Crippen MR) is 90.2 cm³/mol. The van der Waals surface area contributed by atoms with E-state index in [4.69, 9.17) is 9.84 Å². The van der Waals surface area contributed by atoms with Crippen molar-refractivity contribution in [2.45, 2.75) is 26.2 Å². The summed E-state index contributed by atoms with van der Waals surface area (Å²) in [5.74, 6) is -1.38. The highest BCUT2D eigenvalue weighted by Gasteiger charge is 2.23. The molecule has 0 saturated heterocycles. The van der Waals surface area contributed by atoms with Gasteiger partial charge in [0.25, 0.3) is 5.91 Å². The maximum absolute atomic E-state index is 12.5. The van der Waals surface area contributed by atoms with Gasteiger partial charge in [-0.2, -0.15) is 0 Å². The fraction of sp³-hybridized carbons (Fsp3) is 0.263. The zero-order chi connectivity index (χ0) is 17.4. The second kappa shape index (κ2) is 8.84. The molecule has 2 aromatic rings. The second-order valence-corrected chi connectivity index (χ2v) is 5.51. The fourth-order valence-corrected chi connectivity index (χ4v) is 2.30. The number of hydrogen-bond acceptors (Lipinski definition) is 3. The van der Waals surface area contributed by atoms with Gasteiger partial charge in [0.2, 0.25) is 0 Å². The Morgan fingerprint density at radius 1 is 1.00 bits per heavy atom. The summed E-state index contributed by atoms with van der Waals surface area (Å²) in [4.78, 5) is 24.9. The minimum atomic E-state index is -1.05. The molecule has 5 heteroatoms. The Morgan fingerprint density at radius 2 is 1.54 bits per heavy atom. The van der Waals surface area contributed by atoms with Crippen LogP contribution in [0.1, 0.15) is 18.1 Å². The molecule has 1 N–H and O–H groups in total. The molecule has 0 aliphatic carbocycles. The first kappa shape index (κ1) is 17.7. The smallest absolute Gasteiger partial charge is 0.323 e. The molecule has 2 aromatic carbocycles. The summed E-state index contributed by atoms with van der Waals surface area (Å²) < 4.78 is 5.61. The van der Waals surface area contributed by atoms with E-state index in [1.165, 1.54) is 4.90 Å². The molecular weight excluding hydrogens is 306 g/mol. The number of carbonyl (C=O) groups excluding carboxylic acids is 1. The van der Waals surface area contributed by atoms with Gasteiger partial charge < -0.3 is 14.7 Å². The number of aliphatic carboxylic acids is 1. The summed E-state index contributed by atoms with van der Waals surface area (Å²) in [6, 6.07) is 18.8. The van der Waals surface area contributed by atoms with Crippen molar-refractivity contribution >= 4 is 11.9 Å². The molecule has 0 aliphatic rings. The van der Waals surface area contributed by atoms with E-state index in [0.717, 1.165) is 11.1 Å². The van der Waals surface area contributed by atoms with Crippen molar-refractivity contribution in [3.05, 3.63) is 71.8 Å². The first-order valence-electron chi connectivity index (χ1n) is 7.76. The predicted octanol–water partition coefficient (Wildman–Crippen LogP) is 2.71. The van der Waals surface area contributed by atoms with Crippen LogP contribution in [-0.2, 0) is 27.5 Å². The molecule has 24 heavy (non-hydrogen) atoms. The van der Waals surface area contributed by atoms with Crippen LogP contribution >= 0.6 is 0 Å². The van der Waals surface area contributed by atoms with Crippen molar-refractivity contribution < 1.29 is 19.4 Å². The molecule has 5 nitrogen and oxygen atoms in total. The Hall–Kier alpha value is -2.66. The van der Waals surface area contributed by atoms with Crippen LogP contribution in [0.2, 0.25) is 0 Å². The summed E-state index contributed by atoms with van der Waals surface area (Å²) in [5, 5.41) is 9.07. The molecule has 0 bridgehead atoms. The van der Waals surface area contributed by atoms with Crippen LogP contribution in [0.3, 0.4) is 0 Å². The molecule has 0 aliphatic heterocycles. The van der Waals surface area contributed by atoms with Crippen LogP contribution in [0.25, 0.3) is 0 Å². The van der Waals surface area contributed by atoms with Gasteiger partial charge >= 0.3 is 5.97 Å². The highest BCUT2D eigenvalue weighted by atomic mass is 16.5. The van der Waals surface area contributed by atoms with E-state index in [-0.39, 0.29) is 19.0 Å². The van der Waals surface area contributed by atoms with Gasteiger partial charge in [-0.1, -0.05) is 60.7 Å². The van der Waals surface area contributed by atoms with Crippen LogP contribution in [0, 0.1) is 0 Å². The summed E-state index contributed by atoms with van der Waals surface area (Å²) in [6.45, 7) is 1.84. The number of amides is 1. The Bertz CT molecular complexity index is 658. The van der Waals surface area contributed by atoms with Gasteiger partial charge in [-0.3, -0.25) is 9.59 Å². The quantitative estimate of drug-likeness (QED) is 0.809. The van der Waals surface area contributed by atoms with E-state index in [1.54, 1.807) is 6.92 Å². The van der Waals surface area contributed by atoms with Crippen LogP contribution in [-0.4, -0.2) is 34.5 Å². The molecule has 0 heterocycles. The normalized spacial score (nSPS) is 11.7. The van der Waals surface area contributed by atoms with Crippen molar-refractivity contribution in [1.29, 1.82) is 0 Å². The first-order valence-corrected chi connectivity index (χ1v) is 7.76. The topological polar surface area (TPSA) is 66.8 Å². The zero-order valence-corrected chi connectivity index (χ0v) is 13.6. The number of ether oxygens (including phenoxy) is 1. The van der Waals surface area contributed by atoms with E-state index in [9.17, 15) is 9.59 Å². The van der Waals surface area contributed by atoms with E-state index in [0.29, 0.717) is 6.61 Å². The van der Waals surface area contributed by atoms with Gasteiger partial charge in [-0.05, 0) is 18.1 Å².